The van der Waals surface area contributed by atoms with Crippen molar-refractivity contribution in [3.8, 4) is 0 Å². The molecule has 5 fully saturated rings. The van der Waals surface area contributed by atoms with Gasteiger partial charge < -0.3 is 73.9 Å². The molecule has 5 aliphatic rings. The topological polar surface area (TPSA) is 274 Å². The number of carbonyl (C=O) groups excluding carboxylic acids is 1. The van der Waals surface area contributed by atoms with Gasteiger partial charge in [-0.1, -0.05) is 187 Å². The highest BCUT2D eigenvalue weighted by Gasteiger charge is 2.38. The molecule has 1 amide bonds. The van der Waals surface area contributed by atoms with Crippen LogP contribution in [0.2, 0.25) is 20.1 Å². The molecule has 0 radical (unpaired) electrons. The molecular weight excluding hydrogens is 1900 g/mol. The first kappa shape index (κ1) is 101. The summed E-state index contributed by atoms with van der Waals surface area (Å²) in [5, 5.41) is 52.1. The van der Waals surface area contributed by atoms with Crippen LogP contribution in [0, 0.1) is 33.2 Å². The average Bonchev–Trinajstić information content (AvgIpc) is 1.64. The summed E-state index contributed by atoms with van der Waals surface area (Å²) < 4.78 is 42.4. The van der Waals surface area contributed by atoms with Crippen molar-refractivity contribution in [1.29, 1.82) is 0 Å². The van der Waals surface area contributed by atoms with Gasteiger partial charge in [-0.25, -0.2) is 47.9 Å². The minimum atomic E-state index is -1.30. The maximum absolute atomic E-state index is 15.5. The van der Waals surface area contributed by atoms with Crippen LogP contribution in [0.5, 0.6) is 0 Å². The highest BCUT2D eigenvalue weighted by Crippen LogP contribution is 2.54. The molecule has 5 aliphatic heterocycles. The fourth-order valence-corrected chi connectivity index (χ4v) is 22.9. The quantitative estimate of drug-likeness (QED) is 0.0372. The maximum Gasteiger partial charge on any atom is 0.347 e. The summed E-state index contributed by atoms with van der Waals surface area (Å²) in [4.78, 5) is 93.3. The lowest BCUT2D eigenvalue weighted by Crippen LogP contribution is -2.36. The molecule has 5 aromatic heterocycles. The molecule has 0 aliphatic carbocycles. The third kappa shape index (κ3) is 24.0. The van der Waals surface area contributed by atoms with Gasteiger partial charge in [0, 0.05) is 111 Å². The number of amides is 1. The molecular formula is C99H97Cl4FN12O14S5. The van der Waals surface area contributed by atoms with Crippen LogP contribution in [0.3, 0.4) is 0 Å². The Hall–Kier alpha value is -11.4. The molecule has 0 spiro atoms. The Morgan fingerprint density at radius 3 is 1.24 bits per heavy atom. The van der Waals surface area contributed by atoms with Gasteiger partial charge in [0.1, 0.15) is 25.7 Å². The standard InChI is InChI=1S/C21H19FN2OS.C20H20Cl2N2O3S.C20H20N2O3S.C19H18ClN3O4S.C19H20ClN3O3S/c1-14-18(20(23-2)21(26-14)24-9-11-25-12-10-24)19(22)17-8-7-15-5-3-4-6-16(15)13-17;1-3-4-13(12-5-6-14(21)15(22)11-12)16-17(23-2)19(28-18(16)20(25)26)24-7-9-27-10-8-24;1-13(15-7-6-14-4-2-3-5-16(14)12-15)17-18(19(23)24)26-20(21-17)22-8-10-25-11-9-22;1-11(24)22-15(12-3-5-13(20)6-4-12)14-16(21-2)18(28-17(14)19(25)26)23-7-9-27-10-8-23;1-21-15-14(16(22(2)3)12-4-6-13(20)7-5-12)17(19(24)25)27-18(15)23-8-10-26-11-9-23/h3-8,13,19H,9-12H2,1H3;5-6,11,13H,3-4,7-10H2,1H3,(H,25,26);2-7,12-13H,8-11H2,1H3,(H,23,24);3-6,15H,7-10H2,1H3,(H,22,24)(H,25,26);4-7,16H,8-11H2,2-3H3,(H,24,25). The third-order valence-electron chi connectivity index (χ3n) is 23.2. The van der Waals surface area contributed by atoms with E-state index in [1.54, 1.807) is 48.5 Å². The van der Waals surface area contributed by atoms with Crippen LogP contribution in [0.1, 0.15) is 163 Å². The molecule has 5 unspecified atom stereocenters. The van der Waals surface area contributed by atoms with Gasteiger partial charge in [0.05, 0.1) is 140 Å². The van der Waals surface area contributed by atoms with Gasteiger partial charge >= 0.3 is 23.9 Å². The predicted octanol–water partition coefficient (Wildman–Crippen LogP) is 23.6. The second-order valence-electron chi connectivity index (χ2n) is 32.0. The summed E-state index contributed by atoms with van der Waals surface area (Å²) in [7, 11) is 3.76. The number of carboxylic acids is 4. The number of nitrogens with zero attached hydrogens (tertiary/aromatic N) is 11. The Kier molecular flexibility index (Phi) is 35.5. The van der Waals surface area contributed by atoms with Crippen molar-refractivity contribution < 1.29 is 72.5 Å². The number of hydrogen-bond acceptors (Lipinski definition) is 22. The molecule has 0 bridgehead atoms. The molecule has 5 saturated heterocycles. The molecule has 5 atom stereocenters. The van der Waals surface area contributed by atoms with Crippen LogP contribution in [-0.2, 0) is 28.5 Å². The molecule has 17 rings (SSSR count). The third-order valence-corrected chi connectivity index (χ3v) is 30.5. The number of nitrogens with one attached hydrogen (secondary N) is 1. The number of thiazole rings is 1. The van der Waals surface area contributed by atoms with Crippen molar-refractivity contribution in [3.05, 3.63) is 298 Å². The predicted molar refractivity (Wildman–Crippen MR) is 538 cm³/mol. The van der Waals surface area contributed by atoms with E-state index in [2.05, 4.69) is 69.7 Å². The number of alkyl halides is 1. The van der Waals surface area contributed by atoms with Crippen molar-refractivity contribution in [2.75, 3.05) is 170 Å². The van der Waals surface area contributed by atoms with Crippen LogP contribution in [-0.4, -0.2) is 206 Å². The van der Waals surface area contributed by atoms with Crippen molar-refractivity contribution in [1.82, 2.24) is 15.2 Å². The zero-order chi connectivity index (χ0) is 96.3. The number of carboxylic acid groups (broad SMARTS) is 4. The summed E-state index contributed by atoms with van der Waals surface area (Å²) in [5.74, 6) is -4.71. The fourth-order valence-electron chi connectivity index (χ4n) is 16.6. The van der Waals surface area contributed by atoms with Crippen LogP contribution >= 0.6 is 103 Å². The smallest absolute Gasteiger partial charge is 0.347 e. The van der Waals surface area contributed by atoms with Gasteiger partial charge in [0.25, 0.3) is 0 Å². The Morgan fingerprint density at radius 2 is 0.822 bits per heavy atom. The van der Waals surface area contributed by atoms with Crippen LogP contribution in [0.4, 0.5) is 52.3 Å². The number of hydrogen-bond donors (Lipinski definition) is 5. The second kappa shape index (κ2) is 47.4. The lowest BCUT2D eigenvalue weighted by Gasteiger charge is -2.29. The van der Waals surface area contributed by atoms with Crippen molar-refractivity contribution in [2.24, 2.45) is 0 Å². The Labute approximate surface area is 822 Å². The number of aryl methyl sites for hydroxylation is 1. The number of rotatable bonds is 23. The first-order valence-electron chi connectivity index (χ1n) is 43.4. The highest BCUT2D eigenvalue weighted by atomic mass is 35.5. The number of halogens is 5. The zero-order valence-electron chi connectivity index (χ0n) is 74.6. The van der Waals surface area contributed by atoms with E-state index in [4.69, 9.17) is 101 Å². The molecule has 12 aromatic rings. The lowest BCUT2D eigenvalue weighted by atomic mass is 9.86. The van der Waals surface area contributed by atoms with Gasteiger partial charge in [-0.05, 0) is 130 Å². The normalized spacial score (nSPS) is 15.5. The lowest BCUT2D eigenvalue weighted by molar-refractivity contribution is -0.119. The summed E-state index contributed by atoms with van der Waals surface area (Å²) in [6.45, 7) is 50.9. The largest absolute Gasteiger partial charge is 0.477 e. The van der Waals surface area contributed by atoms with Gasteiger partial charge in [-0.3, -0.25) is 9.69 Å². The maximum atomic E-state index is 15.5. The Morgan fingerprint density at radius 1 is 0.452 bits per heavy atom. The molecule has 135 heavy (non-hydrogen) atoms. The number of aromatic nitrogens is 1. The first-order valence-corrected chi connectivity index (χ1v) is 49.0. The number of fused-ring (bicyclic) bond motifs is 2. The van der Waals surface area contributed by atoms with E-state index in [1.807, 2.05) is 122 Å². The van der Waals surface area contributed by atoms with Crippen LogP contribution in [0.15, 0.2) is 152 Å². The van der Waals surface area contributed by atoms with Crippen LogP contribution < -0.4 is 29.8 Å². The summed E-state index contributed by atoms with van der Waals surface area (Å²) >= 11 is 30.5. The number of morpholine rings is 5. The van der Waals surface area contributed by atoms with E-state index < -0.39 is 36.1 Å². The average molecular weight is 2000 g/mol. The number of thiophene rings is 4. The molecule has 10 heterocycles. The molecule has 702 valence electrons. The fraction of sp³-hybridized carbons (Fsp3) is 0.333. The van der Waals surface area contributed by atoms with E-state index in [-0.39, 0.29) is 44.1 Å². The Bertz CT molecular complexity index is 6430. The van der Waals surface area contributed by atoms with Crippen molar-refractivity contribution in [3.63, 3.8) is 0 Å². The number of aromatic carboxylic acids is 4. The molecule has 5 N–H and O–H groups in total. The van der Waals surface area contributed by atoms with E-state index in [9.17, 15) is 44.4 Å². The minimum absolute atomic E-state index is 0.0428. The van der Waals surface area contributed by atoms with E-state index in [0.29, 0.717) is 208 Å². The number of carbonyl (C=O) groups is 5. The summed E-state index contributed by atoms with van der Waals surface area (Å²) in [6, 6.07) is 46.3. The molecule has 26 nitrogen and oxygen atoms in total. The monoisotopic (exact) mass is 2000 g/mol. The SMILES string of the molecule is CC(c1ccc2ccccc2c1)c1nc(N2CCOCC2)sc1C(=O)O.[C-]#[N+]c1c(N2CCOCC2)sc(C(=O)O)c1C(CCC)c1ccc(Cl)c(Cl)c1.[C-]#[N+]c1c(N2CCOCC2)sc(C(=O)O)c1C(NC(C)=O)c1ccc(Cl)cc1.[C-]#[N+]c1c(N2CCOCC2)sc(C(=O)O)c1C(c1ccc(Cl)cc1)N(C)C.[C-]#[N+]c1c(N2CCOCC2)sc(C)c1C(F)c1ccc2ccccc2c1. The van der Waals surface area contributed by atoms with Crippen molar-refractivity contribution in [2.45, 2.75) is 70.6 Å². The number of ether oxygens (including phenoxy) is 5. The zero-order valence-corrected chi connectivity index (χ0v) is 81.7. The van der Waals surface area contributed by atoms with E-state index >= 15 is 4.39 Å². The van der Waals surface area contributed by atoms with Gasteiger partial charge in [-0.2, -0.15) is 0 Å². The number of anilines is 5. The minimum Gasteiger partial charge on any atom is -0.477 e. The molecule has 7 aromatic carbocycles. The van der Waals surface area contributed by atoms with E-state index in [0.717, 1.165) is 91.8 Å². The molecule has 0 saturated carbocycles. The number of benzene rings is 7. The second-order valence-corrected chi connectivity index (χ2v) is 38.9. The molecule has 36 heteroatoms. The van der Waals surface area contributed by atoms with Crippen molar-refractivity contribution >= 4 is 202 Å². The van der Waals surface area contributed by atoms with Gasteiger partial charge in [-0.15, -0.1) is 45.3 Å². The van der Waals surface area contributed by atoms with Crippen LogP contribution in [0.25, 0.3) is 40.9 Å². The summed E-state index contributed by atoms with van der Waals surface area (Å²) in [5.41, 5.74) is 8.19. The summed E-state index contributed by atoms with van der Waals surface area (Å²) in [6.07, 6.45) is 0.249. The Balaban J connectivity index is 0.000000143. The van der Waals surface area contributed by atoms with Gasteiger partial charge in [0.2, 0.25) is 28.7 Å². The first-order chi connectivity index (χ1) is 65.1. The van der Waals surface area contributed by atoms with Gasteiger partial charge in [0.15, 0.2) is 5.13 Å². The highest BCUT2D eigenvalue weighted by molar-refractivity contribution is 7.20. The van der Waals surface area contributed by atoms with E-state index in [1.165, 1.54) is 57.7 Å².